The predicted molar refractivity (Wildman–Crippen MR) is 87.6 cm³/mol. The topological polar surface area (TPSA) is 37.3 Å². The van der Waals surface area contributed by atoms with Gasteiger partial charge in [-0.25, -0.2) is 13.6 Å². The summed E-state index contributed by atoms with van der Waals surface area (Å²) in [7, 11) is 0. The first-order valence-corrected chi connectivity index (χ1v) is 7.68. The Morgan fingerprint density at radius 3 is 2.12 bits per heavy atom. The van der Waals surface area contributed by atoms with Gasteiger partial charge in [0.05, 0.1) is 21.5 Å². The van der Waals surface area contributed by atoms with Gasteiger partial charge in [0.25, 0.3) is 0 Å². The second-order valence-corrected chi connectivity index (χ2v) is 6.04. The van der Waals surface area contributed by atoms with Crippen LogP contribution in [0, 0.1) is 11.6 Å². The zero-order chi connectivity index (χ0) is 19.6. The molecule has 0 heterocycles. The highest BCUT2D eigenvalue weighted by molar-refractivity contribution is 6.35. The van der Waals surface area contributed by atoms with E-state index in [1.54, 1.807) is 0 Å². The van der Waals surface area contributed by atoms with Crippen molar-refractivity contribution in [3.8, 4) is 0 Å². The Balaban J connectivity index is 2.42. The quantitative estimate of drug-likeness (QED) is 0.472. The van der Waals surface area contributed by atoms with E-state index < -0.39 is 50.9 Å². The highest BCUT2D eigenvalue weighted by Crippen LogP contribution is 2.39. The number of halogens is 7. The Labute approximate surface area is 154 Å². The van der Waals surface area contributed by atoms with Crippen LogP contribution in [0.2, 0.25) is 10.0 Å². The lowest BCUT2D eigenvalue weighted by Gasteiger charge is -2.18. The van der Waals surface area contributed by atoms with Crippen LogP contribution >= 0.6 is 23.2 Å². The molecule has 0 radical (unpaired) electrons. The average molecular weight is 411 g/mol. The van der Waals surface area contributed by atoms with Crippen molar-refractivity contribution in [2.75, 3.05) is 0 Å². The lowest BCUT2D eigenvalue weighted by atomic mass is 9.96. The summed E-state index contributed by atoms with van der Waals surface area (Å²) in [6.07, 6.45) is -3.06. The van der Waals surface area contributed by atoms with Gasteiger partial charge in [-0.2, -0.15) is 13.2 Å². The van der Waals surface area contributed by atoms with Gasteiger partial charge in [0, 0.05) is 0 Å². The molecule has 26 heavy (non-hydrogen) atoms. The molecule has 0 fully saturated rings. The fraction of sp³-hybridized carbons (Fsp3) is 0.118. The maximum absolute atomic E-state index is 13.6. The van der Waals surface area contributed by atoms with Crippen molar-refractivity contribution in [1.82, 2.24) is 0 Å². The number of carbonyl (C=O) groups is 1. The number of aromatic carboxylic acids is 1. The third-order valence-electron chi connectivity index (χ3n) is 3.42. The van der Waals surface area contributed by atoms with Crippen LogP contribution in [0.25, 0.3) is 6.08 Å². The molecular weight excluding hydrogens is 402 g/mol. The summed E-state index contributed by atoms with van der Waals surface area (Å²) in [6.45, 7) is 0. The van der Waals surface area contributed by atoms with Gasteiger partial charge < -0.3 is 5.11 Å². The molecule has 0 aliphatic rings. The van der Waals surface area contributed by atoms with Gasteiger partial charge in [0.1, 0.15) is 5.82 Å². The van der Waals surface area contributed by atoms with Gasteiger partial charge in [-0.15, -0.1) is 0 Å². The third kappa shape index (κ3) is 4.53. The summed E-state index contributed by atoms with van der Waals surface area (Å²) in [6, 6.07) is 4.49. The number of hydrogen-bond acceptors (Lipinski definition) is 1. The Bertz CT molecular complexity index is 855. The Hall–Kier alpha value is -2.12. The molecule has 2 nitrogen and oxygen atoms in total. The Morgan fingerprint density at radius 1 is 1.08 bits per heavy atom. The standard InChI is InChI=1S/C17H9Cl2F5O2/c18-12-6-9(7-13(19)15(12)21)11(17(22,23)24)4-2-8-1-3-10(16(25)26)14(20)5-8/h1-7,11H,(H,25,26)/b4-2+. The molecule has 2 rings (SSSR count). The molecule has 1 N–H and O–H groups in total. The van der Waals surface area contributed by atoms with Crippen LogP contribution in [0.1, 0.15) is 27.4 Å². The molecule has 2 aromatic rings. The number of allylic oxidation sites excluding steroid dienone is 1. The molecule has 0 aliphatic heterocycles. The molecule has 0 amide bonds. The lowest BCUT2D eigenvalue weighted by Crippen LogP contribution is -2.19. The van der Waals surface area contributed by atoms with Crippen molar-refractivity contribution in [2.45, 2.75) is 12.1 Å². The number of hydrogen-bond donors (Lipinski definition) is 1. The summed E-state index contributed by atoms with van der Waals surface area (Å²) in [5.41, 5.74) is -0.986. The molecule has 9 heteroatoms. The first kappa shape index (κ1) is 20.2. The van der Waals surface area contributed by atoms with Crippen molar-refractivity contribution in [3.05, 3.63) is 74.8 Å². The van der Waals surface area contributed by atoms with Crippen LogP contribution in [0.5, 0.6) is 0 Å². The fourth-order valence-electron chi connectivity index (χ4n) is 2.18. The van der Waals surface area contributed by atoms with E-state index in [9.17, 15) is 26.7 Å². The van der Waals surface area contributed by atoms with Crippen molar-refractivity contribution < 1.29 is 31.9 Å². The maximum atomic E-state index is 13.6. The van der Waals surface area contributed by atoms with Crippen molar-refractivity contribution in [2.24, 2.45) is 0 Å². The first-order valence-electron chi connectivity index (χ1n) is 6.93. The van der Waals surface area contributed by atoms with Gasteiger partial charge in [-0.3, -0.25) is 0 Å². The van der Waals surface area contributed by atoms with Gasteiger partial charge in [0.15, 0.2) is 5.82 Å². The van der Waals surface area contributed by atoms with Gasteiger partial charge in [-0.05, 0) is 35.4 Å². The van der Waals surface area contributed by atoms with Crippen molar-refractivity contribution in [3.63, 3.8) is 0 Å². The highest BCUT2D eigenvalue weighted by atomic mass is 35.5. The molecule has 138 valence electrons. The molecule has 0 aliphatic carbocycles. The molecule has 0 saturated carbocycles. The number of benzene rings is 2. The van der Waals surface area contributed by atoms with Crippen LogP contribution in [0.15, 0.2) is 36.4 Å². The van der Waals surface area contributed by atoms with Gasteiger partial charge in [0.2, 0.25) is 0 Å². The van der Waals surface area contributed by atoms with E-state index in [0.717, 1.165) is 42.5 Å². The van der Waals surface area contributed by atoms with Crippen LogP contribution in [0.4, 0.5) is 22.0 Å². The average Bonchev–Trinajstić information content (AvgIpc) is 2.51. The molecule has 0 bridgehead atoms. The van der Waals surface area contributed by atoms with E-state index in [-0.39, 0.29) is 5.56 Å². The third-order valence-corrected chi connectivity index (χ3v) is 3.97. The number of rotatable bonds is 4. The summed E-state index contributed by atoms with van der Waals surface area (Å²) in [4.78, 5) is 10.7. The highest BCUT2D eigenvalue weighted by Gasteiger charge is 2.39. The second kappa shape index (κ2) is 7.63. The normalized spacial score (nSPS) is 13.2. The van der Waals surface area contributed by atoms with Crippen LogP contribution < -0.4 is 0 Å². The van der Waals surface area contributed by atoms with Crippen LogP contribution in [-0.2, 0) is 0 Å². The monoisotopic (exact) mass is 410 g/mol. The Morgan fingerprint density at radius 2 is 1.65 bits per heavy atom. The van der Waals surface area contributed by atoms with E-state index in [4.69, 9.17) is 28.3 Å². The second-order valence-electron chi connectivity index (χ2n) is 5.22. The maximum Gasteiger partial charge on any atom is 0.399 e. The minimum Gasteiger partial charge on any atom is -0.478 e. The van der Waals surface area contributed by atoms with Crippen molar-refractivity contribution >= 4 is 35.2 Å². The summed E-state index contributed by atoms with van der Waals surface area (Å²) in [5, 5.41) is 7.62. The van der Waals surface area contributed by atoms with E-state index in [2.05, 4.69) is 0 Å². The SMILES string of the molecule is O=C(O)c1ccc(/C=C/C(c2cc(Cl)c(F)c(Cl)c2)C(F)(F)F)cc1F. The zero-order valence-electron chi connectivity index (χ0n) is 12.6. The zero-order valence-corrected chi connectivity index (χ0v) is 14.1. The lowest BCUT2D eigenvalue weighted by molar-refractivity contribution is -0.139. The molecule has 2 aromatic carbocycles. The fourth-order valence-corrected chi connectivity index (χ4v) is 2.68. The van der Waals surface area contributed by atoms with Gasteiger partial charge in [-0.1, -0.05) is 41.4 Å². The molecule has 0 spiro atoms. The van der Waals surface area contributed by atoms with Crippen LogP contribution in [-0.4, -0.2) is 17.3 Å². The number of carboxylic acid groups (broad SMARTS) is 1. The van der Waals surface area contributed by atoms with Crippen molar-refractivity contribution in [1.29, 1.82) is 0 Å². The predicted octanol–water partition coefficient (Wildman–Crippen LogP) is 6.33. The van der Waals surface area contributed by atoms with E-state index in [1.165, 1.54) is 0 Å². The van der Waals surface area contributed by atoms with Gasteiger partial charge >= 0.3 is 12.1 Å². The van der Waals surface area contributed by atoms with E-state index in [1.807, 2.05) is 0 Å². The summed E-state index contributed by atoms with van der Waals surface area (Å²) < 4.78 is 67.1. The number of alkyl halides is 3. The van der Waals surface area contributed by atoms with E-state index >= 15 is 0 Å². The first-order chi connectivity index (χ1) is 12.0. The minimum absolute atomic E-state index is 0.0149. The van der Waals surface area contributed by atoms with E-state index in [0.29, 0.717) is 0 Å². The summed E-state index contributed by atoms with van der Waals surface area (Å²) in [5.74, 6) is -5.80. The smallest absolute Gasteiger partial charge is 0.399 e. The number of carboxylic acids is 1. The molecule has 0 saturated heterocycles. The van der Waals surface area contributed by atoms with Crippen LogP contribution in [0.3, 0.4) is 0 Å². The molecule has 1 unspecified atom stereocenters. The Kier molecular flexibility index (Phi) is 5.93. The largest absolute Gasteiger partial charge is 0.478 e. The summed E-state index contributed by atoms with van der Waals surface area (Å²) >= 11 is 11.1. The molecule has 1 atom stereocenters. The molecular formula is C17H9Cl2F5O2. The minimum atomic E-state index is -4.75. The molecule has 0 aromatic heterocycles.